The minimum Gasteiger partial charge on any atom is -0.462 e. The molecule has 0 aliphatic carbocycles. The molecule has 0 atom stereocenters. The van der Waals surface area contributed by atoms with Gasteiger partial charge in [0.05, 0.1) is 34.9 Å². The van der Waals surface area contributed by atoms with Crippen LogP contribution in [0.15, 0.2) is 46.1 Å². The molecular weight excluding hydrogens is 318 g/mol. The fourth-order valence-electron chi connectivity index (χ4n) is 2.34. The first-order valence-electron chi connectivity index (χ1n) is 6.91. The number of aromatic amines is 1. The molecule has 2 N–H and O–H groups in total. The van der Waals surface area contributed by atoms with Crippen LogP contribution in [0.5, 0.6) is 0 Å². The Balaban J connectivity index is 2.01. The summed E-state index contributed by atoms with van der Waals surface area (Å²) in [5.41, 5.74) is 1.53. The zero-order valence-electron chi connectivity index (χ0n) is 12.4. The zero-order chi connectivity index (χ0) is 16.4. The highest BCUT2D eigenvalue weighted by Crippen LogP contribution is 2.32. The van der Waals surface area contributed by atoms with Crippen molar-refractivity contribution in [3.8, 4) is 11.3 Å². The first-order valence-corrected chi connectivity index (χ1v) is 8.97. The van der Waals surface area contributed by atoms with Crippen LogP contribution in [-0.2, 0) is 9.84 Å². The molecule has 0 spiro atoms. The molecule has 0 saturated carbocycles. The van der Waals surface area contributed by atoms with Crippen LogP contribution in [0.2, 0.25) is 0 Å². The summed E-state index contributed by atoms with van der Waals surface area (Å²) < 4.78 is 27.9. The highest BCUT2D eigenvalue weighted by atomic mass is 32.2. The largest absolute Gasteiger partial charge is 0.462 e. The average molecular weight is 333 g/mol. The SMILES string of the molecule is CS(=O)(=O)CCNc1ccoc1-c1cccc2nc[nH]c(=O)c12. The number of fused-ring (bicyclic) bond motifs is 1. The minimum atomic E-state index is -3.05. The van der Waals surface area contributed by atoms with Gasteiger partial charge in [0.25, 0.3) is 5.56 Å². The van der Waals surface area contributed by atoms with Crippen molar-refractivity contribution in [3.63, 3.8) is 0 Å². The summed E-state index contributed by atoms with van der Waals surface area (Å²) in [4.78, 5) is 18.8. The number of rotatable bonds is 5. The van der Waals surface area contributed by atoms with Crippen molar-refractivity contribution >= 4 is 26.4 Å². The molecule has 0 amide bonds. The lowest BCUT2D eigenvalue weighted by molar-refractivity contribution is 0.583. The Morgan fingerprint density at radius 3 is 2.91 bits per heavy atom. The Bertz CT molecular complexity index is 999. The summed E-state index contributed by atoms with van der Waals surface area (Å²) in [6.07, 6.45) is 4.02. The Labute approximate surface area is 132 Å². The lowest BCUT2D eigenvalue weighted by atomic mass is 10.1. The van der Waals surface area contributed by atoms with Gasteiger partial charge in [0.2, 0.25) is 0 Å². The Kier molecular flexibility index (Phi) is 3.91. The molecule has 0 radical (unpaired) electrons. The van der Waals surface area contributed by atoms with E-state index in [1.807, 2.05) is 0 Å². The quantitative estimate of drug-likeness (QED) is 0.735. The molecule has 0 saturated heterocycles. The fourth-order valence-corrected chi connectivity index (χ4v) is 2.81. The predicted molar refractivity (Wildman–Crippen MR) is 88.3 cm³/mol. The molecule has 3 rings (SSSR count). The summed E-state index contributed by atoms with van der Waals surface area (Å²) in [7, 11) is -3.05. The number of nitrogens with one attached hydrogen (secondary N) is 2. The van der Waals surface area contributed by atoms with E-state index in [4.69, 9.17) is 4.42 Å². The van der Waals surface area contributed by atoms with Crippen LogP contribution in [0.4, 0.5) is 5.69 Å². The van der Waals surface area contributed by atoms with Crippen LogP contribution >= 0.6 is 0 Å². The molecule has 2 aromatic heterocycles. The predicted octanol–water partition coefficient (Wildman–Crippen LogP) is 1.64. The Morgan fingerprint density at radius 2 is 2.13 bits per heavy atom. The molecular formula is C15H15N3O4S. The van der Waals surface area contributed by atoms with Gasteiger partial charge in [-0.2, -0.15) is 0 Å². The maximum atomic E-state index is 12.1. The zero-order valence-corrected chi connectivity index (χ0v) is 13.2. The second kappa shape index (κ2) is 5.88. The van der Waals surface area contributed by atoms with Gasteiger partial charge in [0, 0.05) is 24.4 Å². The van der Waals surface area contributed by atoms with E-state index in [0.717, 1.165) is 0 Å². The summed E-state index contributed by atoms with van der Waals surface area (Å²) in [5, 5.41) is 3.45. The number of H-pyrrole nitrogens is 1. The summed E-state index contributed by atoms with van der Waals surface area (Å²) in [6.45, 7) is 0.255. The van der Waals surface area contributed by atoms with Crippen LogP contribution in [0, 0.1) is 0 Å². The first kappa shape index (κ1) is 15.3. The van der Waals surface area contributed by atoms with Gasteiger partial charge in [-0.1, -0.05) is 12.1 Å². The van der Waals surface area contributed by atoms with Gasteiger partial charge in [-0.15, -0.1) is 0 Å². The lowest BCUT2D eigenvalue weighted by Crippen LogP contribution is -2.14. The van der Waals surface area contributed by atoms with Crippen molar-refractivity contribution in [2.45, 2.75) is 0 Å². The van der Waals surface area contributed by atoms with E-state index in [2.05, 4.69) is 15.3 Å². The molecule has 3 aromatic rings. The highest BCUT2D eigenvalue weighted by Gasteiger charge is 2.15. The van der Waals surface area contributed by atoms with Crippen LogP contribution in [0.3, 0.4) is 0 Å². The molecule has 0 aliphatic heterocycles. The third kappa shape index (κ3) is 3.26. The van der Waals surface area contributed by atoms with E-state index in [1.54, 1.807) is 24.3 Å². The number of nitrogens with zero attached hydrogens (tertiary/aromatic N) is 1. The van der Waals surface area contributed by atoms with Crippen molar-refractivity contribution in [1.82, 2.24) is 9.97 Å². The second-order valence-corrected chi connectivity index (χ2v) is 7.41. The monoisotopic (exact) mass is 333 g/mol. The standard InChI is InChI=1S/C15H15N3O4S/c1-23(20,21)8-6-16-12-5-7-22-14(12)10-3-2-4-11-13(10)15(19)18-9-17-11/h2-5,7,9,16H,6,8H2,1H3,(H,17,18,19). The maximum Gasteiger partial charge on any atom is 0.259 e. The van der Waals surface area contributed by atoms with Gasteiger partial charge in [0.1, 0.15) is 9.84 Å². The normalized spacial score (nSPS) is 11.7. The highest BCUT2D eigenvalue weighted by molar-refractivity contribution is 7.90. The summed E-state index contributed by atoms with van der Waals surface area (Å²) >= 11 is 0. The molecule has 0 aliphatic rings. The molecule has 0 fully saturated rings. The first-order chi connectivity index (χ1) is 11.0. The molecule has 23 heavy (non-hydrogen) atoms. The minimum absolute atomic E-state index is 0.00922. The third-order valence-corrected chi connectivity index (χ3v) is 4.31. The molecule has 2 heterocycles. The van der Waals surface area contributed by atoms with Gasteiger partial charge < -0.3 is 14.7 Å². The molecule has 1 aromatic carbocycles. The van der Waals surface area contributed by atoms with Gasteiger partial charge in [-0.3, -0.25) is 4.79 Å². The lowest BCUT2D eigenvalue weighted by Gasteiger charge is -2.07. The third-order valence-electron chi connectivity index (χ3n) is 3.37. The molecule has 120 valence electrons. The van der Waals surface area contributed by atoms with Crippen molar-refractivity contribution in [3.05, 3.63) is 47.2 Å². The number of hydrogen-bond acceptors (Lipinski definition) is 6. The van der Waals surface area contributed by atoms with Gasteiger partial charge in [0.15, 0.2) is 5.76 Å². The Hall–Kier alpha value is -2.61. The number of anilines is 1. The van der Waals surface area contributed by atoms with E-state index in [0.29, 0.717) is 27.9 Å². The number of sulfone groups is 1. The summed E-state index contributed by atoms with van der Waals surface area (Å²) in [5.74, 6) is 0.484. The van der Waals surface area contributed by atoms with Gasteiger partial charge >= 0.3 is 0 Å². The Morgan fingerprint density at radius 1 is 1.30 bits per heavy atom. The molecule has 0 bridgehead atoms. The number of furan rings is 1. The van der Waals surface area contributed by atoms with Crippen molar-refractivity contribution in [2.24, 2.45) is 0 Å². The van der Waals surface area contributed by atoms with E-state index < -0.39 is 9.84 Å². The van der Waals surface area contributed by atoms with Crippen LogP contribution < -0.4 is 10.9 Å². The van der Waals surface area contributed by atoms with E-state index >= 15 is 0 Å². The number of benzene rings is 1. The van der Waals surface area contributed by atoms with Crippen molar-refractivity contribution < 1.29 is 12.8 Å². The molecule has 7 nitrogen and oxygen atoms in total. The van der Waals surface area contributed by atoms with E-state index in [9.17, 15) is 13.2 Å². The molecule has 8 heteroatoms. The fraction of sp³-hybridized carbons (Fsp3) is 0.200. The topological polar surface area (TPSA) is 105 Å². The van der Waals surface area contributed by atoms with Crippen molar-refractivity contribution in [2.75, 3.05) is 23.9 Å². The van der Waals surface area contributed by atoms with Crippen LogP contribution in [0.1, 0.15) is 0 Å². The average Bonchev–Trinajstić information content (AvgIpc) is 2.94. The van der Waals surface area contributed by atoms with Crippen molar-refractivity contribution in [1.29, 1.82) is 0 Å². The smallest absolute Gasteiger partial charge is 0.259 e. The van der Waals surface area contributed by atoms with Crippen LogP contribution in [0.25, 0.3) is 22.2 Å². The maximum absolute atomic E-state index is 12.1. The van der Waals surface area contributed by atoms with Crippen LogP contribution in [-0.4, -0.2) is 36.9 Å². The van der Waals surface area contributed by atoms with Gasteiger partial charge in [-0.25, -0.2) is 13.4 Å². The van der Waals surface area contributed by atoms with E-state index in [-0.39, 0.29) is 17.9 Å². The number of hydrogen-bond donors (Lipinski definition) is 2. The second-order valence-electron chi connectivity index (χ2n) is 5.15. The van der Waals surface area contributed by atoms with E-state index in [1.165, 1.54) is 18.8 Å². The van der Waals surface area contributed by atoms with Gasteiger partial charge in [-0.05, 0) is 6.07 Å². The summed E-state index contributed by atoms with van der Waals surface area (Å²) in [6, 6.07) is 6.99. The number of aromatic nitrogens is 2. The molecule has 0 unspecified atom stereocenters.